The summed E-state index contributed by atoms with van der Waals surface area (Å²) in [5.74, 6) is 0.0157. The molecule has 2 heterocycles. The standard InChI is InChI=1S/C20H21BrN2O3/c21-15-5-1-4-14(12-15)20(8-9-20)13-22-18(24)16-6-2-10-23(16)19(25)17-7-3-11-26-17/h1,3-5,7,11-12,16H,2,6,8-10,13H2,(H,22,24)/t16-/m0/s1. The highest BCUT2D eigenvalue weighted by atomic mass is 79.9. The number of likely N-dealkylation sites (tertiary alicyclic amines) is 1. The second-order valence-electron chi connectivity index (χ2n) is 7.14. The molecule has 1 saturated heterocycles. The minimum absolute atomic E-state index is 0.0356. The smallest absolute Gasteiger partial charge is 0.290 e. The largest absolute Gasteiger partial charge is 0.459 e. The highest BCUT2D eigenvalue weighted by Crippen LogP contribution is 2.48. The van der Waals surface area contributed by atoms with E-state index in [-0.39, 0.29) is 23.0 Å². The Hall–Kier alpha value is -2.08. The van der Waals surface area contributed by atoms with Crippen molar-refractivity contribution in [3.63, 3.8) is 0 Å². The minimum atomic E-state index is -0.411. The van der Waals surface area contributed by atoms with Crippen LogP contribution in [0, 0.1) is 0 Å². The van der Waals surface area contributed by atoms with Gasteiger partial charge in [-0.2, -0.15) is 0 Å². The summed E-state index contributed by atoms with van der Waals surface area (Å²) in [6.07, 6.45) is 5.16. The molecule has 2 amide bonds. The number of carbonyl (C=O) groups excluding carboxylic acids is 2. The molecule has 2 aliphatic rings. The van der Waals surface area contributed by atoms with E-state index >= 15 is 0 Å². The van der Waals surface area contributed by atoms with Crippen LogP contribution in [0.1, 0.15) is 41.8 Å². The Kier molecular flexibility index (Phi) is 4.61. The van der Waals surface area contributed by atoms with Crippen molar-refractivity contribution in [2.45, 2.75) is 37.1 Å². The van der Waals surface area contributed by atoms with Gasteiger partial charge in [0, 0.05) is 23.0 Å². The number of benzene rings is 1. The van der Waals surface area contributed by atoms with Crippen molar-refractivity contribution in [1.82, 2.24) is 10.2 Å². The summed E-state index contributed by atoms with van der Waals surface area (Å²) in [6, 6.07) is 11.2. The fourth-order valence-electron chi connectivity index (χ4n) is 3.74. The van der Waals surface area contributed by atoms with E-state index in [4.69, 9.17) is 4.42 Å². The van der Waals surface area contributed by atoms with Crippen molar-refractivity contribution in [2.24, 2.45) is 0 Å². The number of nitrogens with one attached hydrogen (secondary N) is 1. The van der Waals surface area contributed by atoms with E-state index < -0.39 is 6.04 Å². The summed E-state index contributed by atoms with van der Waals surface area (Å²) in [6.45, 7) is 1.20. The van der Waals surface area contributed by atoms with Gasteiger partial charge in [-0.3, -0.25) is 9.59 Å². The molecule has 5 nitrogen and oxygen atoms in total. The lowest BCUT2D eigenvalue weighted by molar-refractivity contribution is -0.125. The van der Waals surface area contributed by atoms with Crippen molar-refractivity contribution in [3.8, 4) is 0 Å². The van der Waals surface area contributed by atoms with Gasteiger partial charge in [-0.15, -0.1) is 0 Å². The summed E-state index contributed by atoms with van der Waals surface area (Å²) in [7, 11) is 0. The Balaban J connectivity index is 1.41. The molecule has 1 aromatic heterocycles. The van der Waals surface area contributed by atoms with Gasteiger partial charge in [0.05, 0.1) is 6.26 Å². The molecule has 1 aromatic carbocycles. The van der Waals surface area contributed by atoms with Crippen molar-refractivity contribution < 1.29 is 14.0 Å². The van der Waals surface area contributed by atoms with Crippen LogP contribution in [0.15, 0.2) is 51.6 Å². The number of rotatable bonds is 5. The Bertz CT molecular complexity index is 814. The molecule has 1 saturated carbocycles. The predicted octanol–water partition coefficient (Wildman–Crippen LogP) is 3.49. The monoisotopic (exact) mass is 416 g/mol. The first-order valence-electron chi connectivity index (χ1n) is 8.97. The van der Waals surface area contributed by atoms with Gasteiger partial charge in [0.2, 0.25) is 5.91 Å². The molecular formula is C20H21BrN2O3. The maximum atomic E-state index is 12.8. The van der Waals surface area contributed by atoms with E-state index in [0.29, 0.717) is 19.5 Å². The average Bonchev–Trinajstić information content (AvgIpc) is 3.04. The van der Waals surface area contributed by atoms with Crippen LogP contribution in [-0.2, 0) is 10.2 Å². The molecule has 4 rings (SSSR count). The van der Waals surface area contributed by atoms with Gasteiger partial charge in [0.15, 0.2) is 5.76 Å². The lowest BCUT2D eigenvalue weighted by Gasteiger charge is -2.24. The number of carbonyl (C=O) groups is 2. The molecule has 1 N–H and O–H groups in total. The van der Waals surface area contributed by atoms with Gasteiger partial charge in [0.25, 0.3) is 5.91 Å². The SMILES string of the molecule is O=C(NCC1(c2cccc(Br)c2)CC1)[C@@H]1CCCN1C(=O)c1ccco1. The second-order valence-corrected chi connectivity index (χ2v) is 8.06. The van der Waals surface area contributed by atoms with E-state index in [0.717, 1.165) is 23.7 Å². The zero-order valence-corrected chi connectivity index (χ0v) is 16.0. The third kappa shape index (κ3) is 3.30. The summed E-state index contributed by atoms with van der Waals surface area (Å²) in [5.41, 5.74) is 1.29. The van der Waals surface area contributed by atoms with Gasteiger partial charge in [-0.05, 0) is 55.5 Å². The number of amides is 2. The Morgan fingerprint density at radius 2 is 2.12 bits per heavy atom. The summed E-state index contributed by atoms with van der Waals surface area (Å²) in [5, 5.41) is 3.10. The highest BCUT2D eigenvalue weighted by Gasteiger charge is 2.45. The fraction of sp³-hybridized carbons (Fsp3) is 0.400. The number of furan rings is 1. The molecular weight excluding hydrogens is 396 g/mol. The average molecular weight is 417 g/mol. The fourth-order valence-corrected chi connectivity index (χ4v) is 4.13. The number of hydrogen-bond acceptors (Lipinski definition) is 3. The van der Waals surface area contributed by atoms with Gasteiger partial charge in [-0.1, -0.05) is 28.1 Å². The molecule has 0 radical (unpaired) electrons. The minimum Gasteiger partial charge on any atom is -0.459 e. The lowest BCUT2D eigenvalue weighted by Crippen LogP contribution is -2.47. The van der Waals surface area contributed by atoms with Crippen molar-refractivity contribution in [1.29, 1.82) is 0 Å². The first-order chi connectivity index (χ1) is 12.6. The third-order valence-corrected chi connectivity index (χ3v) is 5.93. The maximum absolute atomic E-state index is 12.8. The summed E-state index contributed by atoms with van der Waals surface area (Å²) < 4.78 is 6.26. The molecule has 6 heteroatoms. The van der Waals surface area contributed by atoms with Crippen molar-refractivity contribution in [3.05, 3.63) is 58.5 Å². The van der Waals surface area contributed by atoms with Crippen LogP contribution in [0.3, 0.4) is 0 Å². The van der Waals surface area contributed by atoms with Crippen LogP contribution >= 0.6 is 15.9 Å². The molecule has 2 aromatic rings. The predicted molar refractivity (Wildman–Crippen MR) is 101 cm³/mol. The van der Waals surface area contributed by atoms with Crippen LogP contribution in [0.25, 0.3) is 0 Å². The summed E-state index contributed by atoms with van der Waals surface area (Å²) >= 11 is 3.52. The van der Waals surface area contributed by atoms with Crippen molar-refractivity contribution in [2.75, 3.05) is 13.1 Å². The van der Waals surface area contributed by atoms with Gasteiger partial charge < -0.3 is 14.6 Å². The number of halogens is 1. The molecule has 0 unspecified atom stereocenters. The highest BCUT2D eigenvalue weighted by molar-refractivity contribution is 9.10. The number of hydrogen-bond donors (Lipinski definition) is 1. The summed E-state index contributed by atoms with van der Waals surface area (Å²) in [4.78, 5) is 26.9. The first kappa shape index (κ1) is 17.3. The molecule has 1 atom stereocenters. The zero-order valence-electron chi connectivity index (χ0n) is 14.4. The molecule has 2 fully saturated rings. The molecule has 0 spiro atoms. The Labute approximate surface area is 160 Å². The number of nitrogens with zero attached hydrogens (tertiary/aromatic N) is 1. The van der Waals surface area contributed by atoms with Crippen LogP contribution in [0.2, 0.25) is 0 Å². The van der Waals surface area contributed by atoms with Gasteiger partial charge in [0.1, 0.15) is 6.04 Å². The lowest BCUT2D eigenvalue weighted by atomic mass is 9.96. The van der Waals surface area contributed by atoms with Crippen LogP contribution < -0.4 is 5.32 Å². The van der Waals surface area contributed by atoms with E-state index in [1.165, 1.54) is 11.8 Å². The van der Waals surface area contributed by atoms with Gasteiger partial charge in [-0.25, -0.2) is 0 Å². The van der Waals surface area contributed by atoms with Gasteiger partial charge >= 0.3 is 0 Å². The maximum Gasteiger partial charge on any atom is 0.290 e. The molecule has 1 aliphatic carbocycles. The molecule has 0 bridgehead atoms. The molecule has 1 aliphatic heterocycles. The zero-order chi connectivity index (χ0) is 18.1. The molecule has 26 heavy (non-hydrogen) atoms. The normalized spacial score (nSPS) is 20.8. The van der Waals surface area contributed by atoms with Crippen molar-refractivity contribution >= 4 is 27.7 Å². The van der Waals surface area contributed by atoms with E-state index in [9.17, 15) is 9.59 Å². The van der Waals surface area contributed by atoms with E-state index in [2.05, 4.69) is 33.4 Å². The van der Waals surface area contributed by atoms with Crippen LogP contribution in [0.4, 0.5) is 0 Å². The third-order valence-electron chi connectivity index (χ3n) is 5.44. The van der Waals surface area contributed by atoms with E-state index in [1.54, 1.807) is 17.0 Å². The van der Waals surface area contributed by atoms with E-state index in [1.807, 2.05) is 12.1 Å². The Morgan fingerprint density at radius 3 is 2.81 bits per heavy atom. The quantitative estimate of drug-likeness (QED) is 0.810. The topological polar surface area (TPSA) is 62.6 Å². The first-order valence-corrected chi connectivity index (χ1v) is 9.77. The second kappa shape index (κ2) is 6.91. The Morgan fingerprint density at radius 1 is 1.27 bits per heavy atom. The van der Waals surface area contributed by atoms with Crippen LogP contribution in [-0.4, -0.2) is 35.8 Å². The van der Waals surface area contributed by atoms with Crippen LogP contribution in [0.5, 0.6) is 0 Å². The molecule has 136 valence electrons.